The van der Waals surface area contributed by atoms with Crippen molar-refractivity contribution in [2.45, 2.75) is 23.1 Å². The van der Waals surface area contributed by atoms with E-state index in [-0.39, 0.29) is 30.3 Å². The molecule has 156 valence electrons. The predicted octanol–water partition coefficient (Wildman–Crippen LogP) is 0.387. The number of rotatable bonds is 8. The van der Waals surface area contributed by atoms with Gasteiger partial charge in [0.15, 0.2) is 16.1 Å². The smallest absolute Gasteiger partial charge is 0.335 e. The molecule has 0 aliphatic carbocycles. The monoisotopic (exact) mass is 443 g/mol. The van der Waals surface area contributed by atoms with E-state index in [2.05, 4.69) is 15.0 Å². The average molecular weight is 443 g/mol. The minimum Gasteiger partial charge on any atom is -0.467 e. The van der Waals surface area contributed by atoms with Crippen LogP contribution < -0.4 is 14.8 Å². The number of sulfonamides is 1. The third kappa shape index (κ3) is 5.45. The Balaban J connectivity index is 2.31. The first-order valence-corrected chi connectivity index (χ1v) is 11.2. The molecule has 1 aromatic carbocycles. The van der Waals surface area contributed by atoms with Crippen LogP contribution in [0.2, 0.25) is 0 Å². The van der Waals surface area contributed by atoms with Gasteiger partial charge in [-0.25, -0.2) is 26.4 Å². The van der Waals surface area contributed by atoms with Gasteiger partial charge in [0.05, 0.1) is 17.8 Å². The molecule has 1 aromatic heterocycles. The summed E-state index contributed by atoms with van der Waals surface area (Å²) in [6.07, 6.45) is 0.559. The van der Waals surface area contributed by atoms with Crippen molar-refractivity contribution in [3.63, 3.8) is 0 Å². The fourth-order valence-electron chi connectivity index (χ4n) is 2.18. The first kappa shape index (κ1) is 22.2. The molecule has 12 nitrogen and oxygen atoms in total. The highest BCUT2D eigenvalue weighted by Gasteiger charge is 2.27. The molecule has 0 fully saturated rings. The number of ether oxygens (including phenoxy) is 1. The molecule has 0 atom stereocenters. The zero-order chi connectivity index (χ0) is 21.7. The summed E-state index contributed by atoms with van der Waals surface area (Å²) in [4.78, 5) is 32.8. The quantitative estimate of drug-likeness (QED) is 0.543. The molecule has 0 aliphatic heterocycles. The van der Waals surface area contributed by atoms with Crippen LogP contribution in [0.5, 0.6) is 6.01 Å². The molecule has 2 N–H and O–H groups in total. The van der Waals surface area contributed by atoms with Gasteiger partial charge in [-0.2, -0.15) is 15.0 Å². The third-order valence-corrected chi connectivity index (χ3v) is 6.81. The first-order valence-electron chi connectivity index (χ1n) is 8.03. The number of nitrogens with one attached hydrogen (secondary N) is 2. The number of anilines is 1. The highest BCUT2D eigenvalue weighted by Crippen LogP contribution is 2.22. The topological polar surface area (TPSA) is 174 Å². The van der Waals surface area contributed by atoms with Gasteiger partial charge in [0, 0.05) is 0 Å². The molecular formula is C15H17N5O7S2. The van der Waals surface area contributed by atoms with E-state index in [4.69, 9.17) is 4.74 Å². The number of hydrogen-bond donors (Lipinski definition) is 2. The Hall–Kier alpha value is -3.13. The maximum absolute atomic E-state index is 12.6. The average Bonchev–Trinajstić information content (AvgIpc) is 2.67. The summed E-state index contributed by atoms with van der Waals surface area (Å²) in [7, 11) is -7.22. The van der Waals surface area contributed by atoms with Crippen LogP contribution in [0.4, 0.5) is 10.7 Å². The molecule has 0 saturated carbocycles. The van der Waals surface area contributed by atoms with Gasteiger partial charge >= 0.3 is 12.0 Å². The molecule has 0 spiro atoms. The summed E-state index contributed by atoms with van der Waals surface area (Å²) in [5.74, 6) is -1.06. The highest BCUT2D eigenvalue weighted by atomic mass is 32.2. The van der Waals surface area contributed by atoms with Crippen molar-refractivity contribution in [1.29, 1.82) is 0 Å². The number of nitrogens with zero attached hydrogens (tertiary/aromatic N) is 3. The van der Waals surface area contributed by atoms with Crippen molar-refractivity contribution >= 4 is 38.1 Å². The number of hydrogen-bond acceptors (Lipinski definition) is 10. The van der Waals surface area contributed by atoms with Gasteiger partial charge in [-0.1, -0.05) is 19.1 Å². The molecule has 14 heteroatoms. The summed E-state index contributed by atoms with van der Waals surface area (Å²) in [6, 6.07) is 3.35. The number of aromatic nitrogens is 3. The highest BCUT2D eigenvalue weighted by molar-refractivity contribution is 7.94. The number of aldehydes is 1. The van der Waals surface area contributed by atoms with Crippen LogP contribution in [-0.2, 0) is 19.9 Å². The van der Waals surface area contributed by atoms with Crippen molar-refractivity contribution in [2.75, 3.05) is 18.2 Å². The summed E-state index contributed by atoms with van der Waals surface area (Å²) in [5.41, 5.74) is 0. The molecule has 0 aliphatic rings. The molecular weight excluding hydrogens is 426 g/mol. The Morgan fingerprint density at radius 3 is 2.34 bits per heavy atom. The van der Waals surface area contributed by atoms with Gasteiger partial charge in [-0.15, -0.1) is 0 Å². The molecule has 0 bridgehead atoms. The number of amides is 2. The molecule has 2 amide bonds. The fourth-order valence-corrected chi connectivity index (χ4v) is 5.31. The Kier molecular flexibility index (Phi) is 6.81. The van der Waals surface area contributed by atoms with Crippen molar-refractivity contribution in [1.82, 2.24) is 19.7 Å². The van der Waals surface area contributed by atoms with Gasteiger partial charge in [0.25, 0.3) is 10.0 Å². The Labute approximate surface area is 166 Å². The van der Waals surface area contributed by atoms with E-state index in [1.807, 2.05) is 5.32 Å². The Morgan fingerprint density at radius 2 is 1.76 bits per heavy atom. The number of methoxy groups -OCH3 is 1. The number of urea groups is 1. The van der Waals surface area contributed by atoms with Crippen molar-refractivity contribution < 1.29 is 31.2 Å². The molecule has 2 rings (SSSR count). The Morgan fingerprint density at radius 1 is 1.10 bits per heavy atom. The lowest BCUT2D eigenvalue weighted by molar-refractivity contribution is 0.111. The van der Waals surface area contributed by atoms with Gasteiger partial charge in [-0.3, -0.25) is 10.1 Å². The van der Waals surface area contributed by atoms with Gasteiger partial charge in [-0.05, 0) is 18.6 Å². The van der Waals surface area contributed by atoms with E-state index in [0.29, 0.717) is 0 Å². The van der Waals surface area contributed by atoms with E-state index in [0.717, 1.165) is 12.1 Å². The Bertz CT molecular complexity index is 1130. The van der Waals surface area contributed by atoms with E-state index < -0.39 is 41.6 Å². The second kappa shape index (κ2) is 8.91. The van der Waals surface area contributed by atoms with Crippen LogP contribution in [0.15, 0.2) is 34.1 Å². The van der Waals surface area contributed by atoms with Crippen LogP contribution in [0.3, 0.4) is 0 Å². The maximum Gasteiger partial charge on any atom is 0.335 e. The number of sulfone groups is 1. The SMILES string of the molecule is CCCS(=O)(=O)c1ccccc1S(=O)(=O)NC(=O)Nc1nc(C=O)nc(OC)n1. The summed E-state index contributed by atoms with van der Waals surface area (Å²) in [6.45, 7) is 1.64. The standard InChI is InChI=1S/C15H17N5O7S2/c1-3-8-28(23,24)10-6-4-5-7-11(10)29(25,26)20-14(22)18-13-16-12(9-21)17-15(19-13)27-2/h4-7,9H,3,8H2,1-2H3,(H2,16,17,18,19,20,22). The van der Waals surface area contributed by atoms with Crippen molar-refractivity contribution in [3.8, 4) is 6.01 Å². The molecule has 0 unspecified atom stereocenters. The molecule has 2 aromatic rings. The maximum atomic E-state index is 12.6. The second-order valence-corrected chi connectivity index (χ2v) is 9.18. The van der Waals surface area contributed by atoms with E-state index in [9.17, 15) is 26.4 Å². The minimum atomic E-state index is -4.56. The van der Waals surface area contributed by atoms with Crippen LogP contribution in [-0.4, -0.2) is 57.0 Å². The van der Waals surface area contributed by atoms with Gasteiger partial charge in [0.1, 0.15) is 4.90 Å². The lowest BCUT2D eigenvalue weighted by Crippen LogP contribution is -2.35. The number of carbonyl (C=O) groups excluding carboxylic acids is 2. The molecule has 1 heterocycles. The lowest BCUT2D eigenvalue weighted by atomic mass is 10.4. The summed E-state index contributed by atoms with van der Waals surface area (Å²) >= 11 is 0. The first-order chi connectivity index (χ1) is 13.6. The lowest BCUT2D eigenvalue weighted by Gasteiger charge is -2.12. The van der Waals surface area contributed by atoms with E-state index in [1.54, 1.807) is 11.6 Å². The molecule has 0 saturated heterocycles. The van der Waals surface area contributed by atoms with Crippen LogP contribution >= 0.6 is 0 Å². The number of benzene rings is 1. The van der Waals surface area contributed by atoms with Crippen LogP contribution in [0.25, 0.3) is 0 Å². The predicted molar refractivity (Wildman–Crippen MR) is 99.9 cm³/mol. The van der Waals surface area contributed by atoms with E-state index >= 15 is 0 Å². The summed E-state index contributed by atoms with van der Waals surface area (Å²) in [5, 5.41) is 2.02. The van der Waals surface area contributed by atoms with Crippen molar-refractivity contribution in [3.05, 3.63) is 30.1 Å². The van der Waals surface area contributed by atoms with E-state index in [1.165, 1.54) is 19.2 Å². The summed E-state index contributed by atoms with van der Waals surface area (Å²) < 4.78 is 56.3. The zero-order valence-corrected chi connectivity index (χ0v) is 16.9. The van der Waals surface area contributed by atoms with Gasteiger partial charge in [0.2, 0.25) is 11.8 Å². The molecule has 29 heavy (non-hydrogen) atoms. The van der Waals surface area contributed by atoms with Gasteiger partial charge < -0.3 is 4.74 Å². The minimum absolute atomic E-state index is 0.259. The number of carbonyl (C=O) groups is 2. The fraction of sp³-hybridized carbons (Fsp3) is 0.267. The third-order valence-electron chi connectivity index (χ3n) is 3.32. The largest absolute Gasteiger partial charge is 0.467 e. The van der Waals surface area contributed by atoms with Crippen LogP contribution in [0, 0.1) is 0 Å². The van der Waals surface area contributed by atoms with Crippen molar-refractivity contribution in [2.24, 2.45) is 0 Å². The zero-order valence-electron chi connectivity index (χ0n) is 15.3. The normalized spacial score (nSPS) is 11.5. The second-order valence-electron chi connectivity index (χ2n) is 5.45. The molecule has 0 radical (unpaired) electrons. The van der Waals surface area contributed by atoms with Crippen LogP contribution in [0.1, 0.15) is 24.0 Å².